The highest BCUT2D eigenvalue weighted by Gasteiger charge is 2.80. The summed E-state index contributed by atoms with van der Waals surface area (Å²) in [5, 5.41) is 83.5. The van der Waals surface area contributed by atoms with Gasteiger partial charge in [0.15, 0.2) is 23.8 Å². The molecule has 35 nitrogen and oxygen atoms in total. The summed E-state index contributed by atoms with van der Waals surface area (Å²) in [5.41, 5.74) is 1.10. The Kier molecular flexibility index (Phi) is 18.3. The molecule has 2 aromatic rings. The molecule has 3 rings (SSSR count). The second-order valence-corrected chi connectivity index (χ2v) is 16.1. The Hall–Kier alpha value is -2.59. The standard InChI is InChI=1S/C21H36N7O28P3S/c22-15-11-16(26-7-25-15)28(8-27-11)18-12(30)13(49-57(39,40)41)9(48-18)5-46-58(42,43)56-59(44,45)47-6-19(20(50-33,51-34)52-35,21(53-36,54-37)55-38)14(31)17(32)24-2-1-10(29)23-3-4-60/h7-9,12-14,18,30-31,33-38,60H,1-6H2,(H,23,29)(H,24,32)(H,42,43)(H,44,45)(H2,22,25,26)(H2,39,40,41)/t9-,12-,13-,14+,18-/m1/s1. The van der Waals surface area contributed by atoms with Gasteiger partial charge in [0.25, 0.3) is 0 Å². The van der Waals surface area contributed by atoms with Gasteiger partial charge < -0.3 is 50.9 Å². The highest BCUT2D eigenvalue weighted by Crippen LogP contribution is 2.62. The summed E-state index contributed by atoms with van der Waals surface area (Å²) in [6.45, 7) is -4.68. The molecule has 0 aliphatic carbocycles. The van der Waals surface area contributed by atoms with E-state index in [0.717, 1.165) is 17.2 Å². The number of carbonyl (C=O) groups is 2. The zero-order valence-corrected chi connectivity index (χ0v) is 32.9. The van der Waals surface area contributed by atoms with Crippen LogP contribution in [0.25, 0.3) is 11.2 Å². The van der Waals surface area contributed by atoms with E-state index in [1.165, 1.54) is 0 Å². The van der Waals surface area contributed by atoms with Crippen LogP contribution in [-0.2, 0) is 75.2 Å². The topological polar surface area (TPSA) is 523 Å². The fraction of sp³-hybridized carbons (Fsp3) is 0.667. The molecular formula is C21H36N7O28P3S. The molecule has 2 unspecified atom stereocenters. The Labute approximate surface area is 336 Å². The molecule has 0 saturated carbocycles. The van der Waals surface area contributed by atoms with E-state index in [1.54, 1.807) is 5.32 Å². The zero-order chi connectivity index (χ0) is 45.3. The number of nitrogen functional groups attached to an aromatic ring is 1. The Balaban J connectivity index is 1.93. The number of rotatable bonds is 26. The molecule has 344 valence electrons. The lowest BCUT2D eigenvalue weighted by Gasteiger charge is -2.49. The number of hydrogen-bond donors (Lipinski definition) is 16. The second kappa shape index (κ2) is 21.2. The lowest BCUT2D eigenvalue weighted by Crippen LogP contribution is -2.75. The van der Waals surface area contributed by atoms with Crippen LogP contribution in [0.3, 0.4) is 0 Å². The molecule has 16 N–H and O–H groups in total. The fourth-order valence-corrected chi connectivity index (χ4v) is 8.04. The van der Waals surface area contributed by atoms with E-state index >= 15 is 0 Å². The summed E-state index contributed by atoms with van der Waals surface area (Å²) in [5.74, 6) is -12.0. The normalized spacial score (nSPS) is 21.7. The molecule has 0 aromatic carbocycles. The second-order valence-electron chi connectivity index (χ2n) is 11.4. The quantitative estimate of drug-likeness (QED) is 0.0143. The third kappa shape index (κ3) is 11.3. The first-order valence-corrected chi connectivity index (χ1v) is 20.6. The highest BCUT2D eigenvalue weighted by molar-refractivity contribution is 7.80. The molecule has 1 saturated heterocycles. The van der Waals surface area contributed by atoms with Crippen LogP contribution in [0, 0.1) is 5.41 Å². The van der Waals surface area contributed by atoms with Gasteiger partial charge in [0.1, 0.15) is 30.2 Å². The number of fused-ring (bicyclic) bond motifs is 1. The number of carbonyl (C=O) groups excluding carboxylic acids is 2. The molecule has 1 aliphatic heterocycles. The van der Waals surface area contributed by atoms with E-state index < -0.39 is 109 Å². The van der Waals surface area contributed by atoms with Gasteiger partial charge in [-0.15, -0.1) is 0 Å². The van der Waals surface area contributed by atoms with Crippen LogP contribution in [0.15, 0.2) is 12.7 Å². The molecule has 60 heavy (non-hydrogen) atoms. The van der Waals surface area contributed by atoms with Crippen molar-refractivity contribution in [1.82, 2.24) is 30.2 Å². The van der Waals surface area contributed by atoms with Gasteiger partial charge in [-0.1, -0.05) is 0 Å². The SMILES string of the molecule is Nc1ncnc2c1ncn2[C@@H]1O[C@H](COP(=O)(O)OP(=O)(O)OCC([C@@H](O)C(=O)NCCC(=O)NCCS)(C(OO)(OO)OO)C(OO)(OO)OO)[C@@H](OP(=O)(O)O)[C@H]1O. The molecule has 1 fully saturated rings. The van der Waals surface area contributed by atoms with Crippen molar-refractivity contribution < 1.29 is 137 Å². The molecule has 3 heterocycles. The van der Waals surface area contributed by atoms with E-state index in [2.05, 4.69) is 80.1 Å². The number of phosphoric ester groups is 3. The van der Waals surface area contributed by atoms with Gasteiger partial charge in [0.05, 0.1) is 19.5 Å². The third-order valence-corrected chi connectivity index (χ3v) is 11.2. The molecule has 7 atom stereocenters. The maximum atomic E-state index is 13.1. The average molecular weight is 960 g/mol. The minimum absolute atomic E-state index is 0.0353. The zero-order valence-electron chi connectivity index (χ0n) is 29.3. The van der Waals surface area contributed by atoms with Crippen molar-refractivity contribution in [2.45, 2.75) is 49.0 Å². The smallest absolute Gasteiger partial charge is 0.386 e. The number of aliphatic hydroxyl groups excluding tert-OH is 2. The van der Waals surface area contributed by atoms with E-state index in [4.69, 9.17) is 10.5 Å². The molecule has 0 bridgehead atoms. The molecule has 1 aliphatic rings. The van der Waals surface area contributed by atoms with Gasteiger partial charge in [-0.05, 0) is 0 Å². The van der Waals surface area contributed by atoms with Gasteiger partial charge in [-0.2, -0.15) is 46.3 Å². The van der Waals surface area contributed by atoms with E-state index in [-0.39, 0.29) is 29.3 Å². The molecular weight excluding hydrogens is 923 g/mol. The number of nitrogens with one attached hydrogen (secondary N) is 2. The van der Waals surface area contributed by atoms with E-state index in [0.29, 0.717) is 0 Å². The van der Waals surface area contributed by atoms with Crippen molar-refractivity contribution in [2.75, 3.05) is 37.8 Å². The fourth-order valence-electron chi connectivity index (χ4n) is 5.23. The largest absolute Gasteiger partial charge is 0.481 e. The Morgan fingerprint density at radius 3 is 2.00 bits per heavy atom. The average Bonchev–Trinajstić information content (AvgIpc) is 3.75. The first-order chi connectivity index (χ1) is 28.0. The van der Waals surface area contributed by atoms with Crippen LogP contribution in [0.1, 0.15) is 12.6 Å². The van der Waals surface area contributed by atoms with Crippen molar-refractivity contribution in [3.8, 4) is 0 Å². The number of imidazole rings is 1. The van der Waals surface area contributed by atoms with Crippen molar-refractivity contribution in [2.24, 2.45) is 5.41 Å². The summed E-state index contributed by atoms with van der Waals surface area (Å²) in [6, 6.07) is 0. The predicted octanol–water partition coefficient (Wildman–Crippen LogP) is -3.46. The van der Waals surface area contributed by atoms with Crippen molar-refractivity contribution in [3.63, 3.8) is 0 Å². The number of hydrogen-bond acceptors (Lipinski definition) is 29. The van der Waals surface area contributed by atoms with Crippen molar-refractivity contribution in [1.29, 1.82) is 0 Å². The molecule has 0 spiro atoms. The van der Waals surface area contributed by atoms with E-state index in [1.807, 2.05) is 0 Å². The lowest BCUT2D eigenvalue weighted by molar-refractivity contribution is -0.712. The van der Waals surface area contributed by atoms with Gasteiger partial charge in [0, 0.05) is 25.3 Å². The number of nitrogens with two attached hydrogens (primary N) is 1. The monoisotopic (exact) mass is 959 g/mol. The first-order valence-electron chi connectivity index (χ1n) is 15.5. The van der Waals surface area contributed by atoms with E-state index in [9.17, 15) is 84.6 Å². The number of aliphatic hydroxyl groups is 2. The summed E-state index contributed by atoms with van der Waals surface area (Å²) in [4.78, 5) is 97.7. The summed E-state index contributed by atoms with van der Waals surface area (Å²) in [6.07, 6.45) is -10.2. The number of aromatic nitrogens is 4. The number of anilines is 1. The van der Waals surface area contributed by atoms with Gasteiger partial charge in [0.2, 0.25) is 17.2 Å². The number of nitrogens with zero attached hydrogens (tertiary/aromatic N) is 4. The minimum Gasteiger partial charge on any atom is -0.386 e. The lowest BCUT2D eigenvalue weighted by atomic mass is 9.76. The number of amides is 2. The van der Waals surface area contributed by atoms with Gasteiger partial charge in [-0.25, -0.2) is 60.2 Å². The molecule has 39 heteroatoms. The number of ether oxygens (including phenoxy) is 1. The molecule has 0 radical (unpaired) electrons. The van der Waals surface area contributed by atoms with Crippen LogP contribution in [0.4, 0.5) is 5.82 Å². The third-order valence-electron chi connectivity index (χ3n) is 7.91. The van der Waals surface area contributed by atoms with Gasteiger partial charge in [-0.3, -0.25) is 27.7 Å². The van der Waals surface area contributed by atoms with Crippen LogP contribution in [-0.4, -0.2) is 161 Å². The van der Waals surface area contributed by atoms with Crippen LogP contribution < -0.4 is 16.4 Å². The Morgan fingerprint density at radius 1 is 0.900 bits per heavy atom. The van der Waals surface area contributed by atoms with Crippen molar-refractivity contribution in [3.05, 3.63) is 12.7 Å². The van der Waals surface area contributed by atoms with Gasteiger partial charge >= 0.3 is 35.4 Å². The van der Waals surface area contributed by atoms with Crippen LogP contribution in [0.2, 0.25) is 0 Å². The van der Waals surface area contributed by atoms with Crippen LogP contribution >= 0.6 is 36.1 Å². The van der Waals surface area contributed by atoms with Crippen molar-refractivity contribution >= 4 is 64.9 Å². The predicted molar refractivity (Wildman–Crippen MR) is 180 cm³/mol. The maximum absolute atomic E-state index is 13.1. The number of phosphoric acid groups is 3. The Bertz CT molecular complexity index is 1860. The Morgan fingerprint density at radius 2 is 1.47 bits per heavy atom. The molecule has 2 aromatic heterocycles. The number of thiol groups is 1. The summed E-state index contributed by atoms with van der Waals surface area (Å²) >= 11 is 3.86. The molecule has 2 amide bonds. The highest BCUT2D eigenvalue weighted by atomic mass is 32.1. The summed E-state index contributed by atoms with van der Waals surface area (Å²) in [7, 11) is -18.1. The maximum Gasteiger partial charge on any atom is 0.481 e. The first kappa shape index (κ1) is 51.8. The summed E-state index contributed by atoms with van der Waals surface area (Å²) < 4.78 is 61.8. The van der Waals surface area contributed by atoms with Crippen LogP contribution in [0.5, 0.6) is 0 Å². The minimum atomic E-state index is -6.48.